The normalized spacial score (nSPS) is 18.5. The number of halogens is 1. The summed E-state index contributed by atoms with van der Waals surface area (Å²) >= 11 is 6.29. The first kappa shape index (κ1) is 20.2. The second kappa shape index (κ2) is 8.42. The number of hydrogen-bond donors (Lipinski definition) is 0. The molecule has 1 saturated heterocycles. The maximum Gasteiger partial charge on any atom is 0.254 e. The van der Waals surface area contributed by atoms with Gasteiger partial charge in [0.25, 0.3) is 5.91 Å². The Labute approximate surface area is 186 Å². The van der Waals surface area contributed by atoms with Gasteiger partial charge in [-0.05, 0) is 42.5 Å². The Morgan fingerprint density at radius 2 is 1.68 bits per heavy atom. The molecule has 7 heteroatoms. The molecule has 0 radical (unpaired) electrons. The second-order valence-corrected chi connectivity index (χ2v) is 8.73. The Kier molecular flexibility index (Phi) is 5.48. The highest BCUT2D eigenvalue weighted by molar-refractivity contribution is 6.32. The molecule has 0 aromatic heterocycles. The molecular formula is C24H25ClN2O4. The summed E-state index contributed by atoms with van der Waals surface area (Å²) in [5, 5.41) is 0.385. The van der Waals surface area contributed by atoms with Crippen molar-refractivity contribution in [3.8, 4) is 11.5 Å². The standard InChI is InChI=1S/C24H25ClN2O4/c25-20-13-19(14-21-22(20)31-12-11-30-21)24(29)26-8-6-17(7-9-26)23(28)27-10-5-16-3-1-2-4-18(16)15-27/h1-4,13-14,17H,5-12,15H2. The summed E-state index contributed by atoms with van der Waals surface area (Å²) in [5.74, 6) is 1.10. The van der Waals surface area contributed by atoms with Crippen molar-refractivity contribution in [2.75, 3.05) is 32.8 Å². The van der Waals surface area contributed by atoms with Crippen molar-refractivity contribution in [2.24, 2.45) is 5.92 Å². The Balaban J connectivity index is 1.21. The molecule has 3 heterocycles. The first-order valence-electron chi connectivity index (χ1n) is 10.8. The van der Waals surface area contributed by atoms with E-state index in [-0.39, 0.29) is 17.7 Å². The zero-order chi connectivity index (χ0) is 21.4. The Bertz CT molecular complexity index is 1020. The van der Waals surface area contributed by atoms with E-state index in [2.05, 4.69) is 18.2 Å². The molecule has 2 amide bonds. The number of piperidine rings is 1. The van der Waals surface area contributed by atoms with Crippen molar-refractivity contribution < 1.29 is 19.1 Å². The number of likely N-dealkylation sites (tertiary alicyclic amines) is 1. The third-order valence-corrected chi connectivity index (χ3v) is 6.70. The molecule has 6 nitrogen and oxygen atoms in total. The summed E-state index contributed by atoms with van der Waals surface area (Å²) in [6.45, 7) is 3.46. The maximum absolute atomic E-state index is 13.1. The van der Waals surface area contributed by atoms with Crippen LogP contribution in [-0.4, -0.2) is 54.5 Å². The van der Waals surface area contributed by atoms with Gasteiger partial charge in [0.2, 0.25) is 5.91 Å². The molecule has 0 saturated carbocycles. The minimum absolute atomic E-state index is 0.0295. The number of benzene rings is 2. The van der Waals surface area contributed by atoms with Gasteiger partial charge in [-0.25, -0.2) is 0 Å². The number of ether oxygens (including phenoxy) is 2. The number of amides is 2. The summed E-state index contributed by atoms with van der Waals surface area (Å²) in [6, 6.07) is 11.7. The molecule has 0 N–H and O–H groups in total. The number of carbonyl (C=O) groups is 2. The van der Waals surface area contributed by atoms with Crippen LogP contribution in [0.1, 0.15) is 34.3 Å². The van der Waals surface area contributed by atoms with Crippen LogP contribution in [0.3, 0.4) is 0 Å². The van der Waals surface area contributed by atoms with Crippen LogP contribution < -0.4 is 9.47 Å². The number of nitrogens with zero attached hydrogens (tertiary/aromatic N) is 2. The summed E-state index contributed by atoms with van der Waals surface area (Å²) < 4.78 is 11.1. The topological polar surface area (TPSA) is 59.1 Å². The summed E-state index contributed by atoms with van der Waals surface area (Å²) in [4.78, 5) is 29.9. The van der Waals surface area contributed by atoms with E-state index in [9.17, 15) is 9.59 Å². The minimum atomic E-state index is -0.0864. The van der Waals surface area contributed by atoms with Crippen LogP contribution in [-0.2, 0) is 17.8 Å². The van der Waals surface area contributed by atoms with E-state index in [1.165, 1.54) is 11.1 Å². The van der Waals surface area contributed by atoms with E-state index < -0.39 is 0 Å². The van der Waals surface area contributed by atoms with Crippen LogP contribution >= 0.6 is 11.6 Å². The average molecular weight is 441 g/mol. The van der Waals surface area contributed by atoms with Gasteiger partial charge in [-0.15, -0.1) is 0 Å². The van der Waals surface area contributed by atoms with E-state index in [0.29, 0.717) is 67.8 Å². The van der Waals surface area contributed by atoms with Crippen LogP contribution in [0.5, 0.6) is 11.5 Å². The quantitative estimate of drug-likeness (QED) is 0.716. The van der Waals surface area contributed by atoms with Crippen LogP contribution in [0.4, 0.5) is 0 Å². The molecule has 2 aromatic carbocycles. The molecule has 1 fully saturated rings. The zero-order valence-corrected chi connectivity index (χ0v) is 18.1. The predicted octanol–water partition coefficient (Wildman–Crippen LogP) is 3.55. The molecule has 31 heavy (non-hydrogen) atoms. The monoisotopic (exact) mass is 440 g/mol. The molecule has 3 aliphatic rings. The van der Waals surface area contributed by atoms with Gasteiger partial charge in [-0.3, -0.25) is 9.59 Å². The predicted molar refractivity (Wildman–Crippen MR) is 117 cm³/mol. The van der Waals surface area contributed by atoms with E-state index >= 15 is 0 Å². The Hall–Kier alpha value is -2.73. The van der Waals surface area contributed by atoms with Gasteiger partial charge in [0, 0.05) is 37.7 Å². The SMILES string of the molecule is O=C(c1cc(Cl)c2c(c1)OCCO2)N1CCC(C(=O)N2CCc3ccccc3C2)CC1. The van der Waals surface area contributed by atoms with Crippen LogP contribution in [0.15, 0.2) is 36.4 Å². The maximum atomic E-state index is 13.1. The van der Waals surface area contributed by atoms with E-state index in [4.69, 9.17) is 21.1 Å². The number of fused-ring (bicyclic) bond motifs is 2. The van der Waals surface area contributed by atoms with Crippen LogP contribution in [0.25, 0.3) is 0 Å². The molecule has 0 spiro atoms. The van der Waals surface area contributed by atoms with Gasteiger partial charge in [0.15, 0.2) is 11.5 Å². The fourth-order valence-electron chi connectivity index (χ4n) is 4.69. The number of carbonyl (C=O) groups excluding carboxylic acids is 2. The van der Waals surface area contributed by atoms with Gasteiger partial charge >= 0.3 is 0 Å². The van der Waals surface area contributed by atoms with Gasteiger partial charge in [0.1, 0.15) is 13.2 Å². The lowest BCUT2D eigenvalue weighted by molar-refractivity contribution is -0.137. The molecule has 0 aliphatic carbocycles. The molecular weight excluding hydrogens is 416 g/mol. The average Bonchev–Trinajstić information content (AvgIpc) is 2.83. The highest BCUT2D eigenvalue weighted by Crippen LogP contribution is 2.38. The van der Waals surface area contributed by atoms with Crippen molar-refractivity contribution >= 4 is 23.4 Å². The molecule has 0 unspecified atom stereocenters. The van der Waals surface area contributed by atoms with Gasteiger partial charge < -0.3 is 19.3 Å². The van der Waals surface area contributed by atoms with E-state index in [1.807, 2.05) is 11.0 Å². The molecule has 0 atom stereocenters. The lowest BCUT2D eigenvalue weighted by atomic mass is 9.92. The van der Waals surface area contributed by atoms with Gasteiger partial charge in [-0.1, -0.05) is 35.9 Å². The molecule has 2 aromatic rings. The Morgan fingerprint density at radius 1 is 0.935 bits per heavy atom. The summed E-state index contributed by atoms with van der Waals surface area (Å²) in [5.41, 5.74) is 3.07. The Morgan fingerprint density at radius 3 is 2.48 bits per heavy atom. The molecule has 3 aliphatic heterocycles. The smallest absolute Gasteiger partial charge is 0.254 e. The number of hydrogen-bond acceptors (Lipinski definition) is 4. The second-order valence-electron chi connectivity index (χ2n) is 8.33. The van der Waals surface area contributed by atoms with E-state index in [1.54, 1.807) is 17.0 Å². The van der Waals surface area contributed by atoms with Gasteiger partial charge in [-0.2, -0.15) is 0 Å². The highest BCUT2D eigenvalue weighted by atomic mass is 35.5. The summed E-state index contributed by atoms with van der Waals surface area (Å²) in [6.07, 6.45) is 2.27. The molecule has 162 valence electrons. The fourth-order valence-corrected chi connectivity index (χ4v) is 4.95. The van der Waals surface area contributed by atoms with Crippen molar-refractivity contribution in [3.63, 3.8) is 0 Å². The third kappa shape index (κ3) is 3.97. The number of rotatable bonds is 2. The van der Waals surface area contributed by atoms with Crippen molar-refractivity contribution in [1.29, 1.82) is 0 Å². The summed E-state index contributed by atoms with van der Waals surface area (Å²) in [7, 11) is 0. The van der Waals surface area contributed by atoms with Crippen LogP contribution in [0.2, 0.25) is 5.02 Å². The van der Waals surface area contributed by atoms with E-state index in [0.717, 1.165) is 13.0 Å². The van der Waals surface area contributed by atoms with Crippen molar-refractivity contribution in [2.45, 2.75) is 25.8 Å². The lowest BCUT2D eigenvalue weighted by Gasteiger charge is -2.36. The first-order valence-corrected chi connectivity index (χ1v) is 11.2. The third-order valence-electron chi connectivity index (χ3n) is 6.42. The molecule has 5 rings (SSSR count). The lowest BCUT2D eigenvalue weighted by Crippen LogP contribution is -2.45. The fraction of sp³-hybridized carbons (Fsp3) is 0.417. The largest absolute Gasteiger partial charge is 0.486 e. The highest BCUT2D eigenvalue weighted by Gasteiger charge is 2.32. The van der Waals surface area contributed by atoms with Crippen molar-refractivity contribution in [3.05, 3.63) is 58.1 Å². The van der Waals surface area contributed by atoms with Crippen molar-refractivity contribution in [1.82, 2.24) is 9.80 Å². The van der Waals surface area contributed by atoms with Gasteiger partial charge in [0.05, 0.1) is 5.02 Å². The first-order chi connectivity index (χ1) is 15.1. The minimum Gasteiger partial charge on any atom is -0.486 e. The molecule has 0 bridgehead atoms. The zero-order valence-electron chi connectivity index (χ0n) is 17.3. The van der Waals surface area contributed by atoms with Crippen LogP contribution in [0, 0.1) is 5.92 Å².